The second-order valence-corrected chi connectivity index (χ2v) is 7.54. The number of para-hydroxylation sites is 1. The molecule has 0 radical (unpaired) electrons. The Hall–Kier alpha value is -2.25. The normalized spacial score (nSPS) is 18.0. The van der Waals surface area contributed by atoms with Crippen LogP contribution in [-0.4, -0.2) is 52.1 Å². The SMILES string of the molecule is CCNC(=NCCCOCC1CCOC1)NC(C)c1cc2cccc(OCC)c2o1. The highest BCUT2D eigenvalue weighted by Gasteiger charge is 2.16. The van der Waals surface area contributed by atoms with Gasteiger partial charge in [0.25, 0.3) is 0 Å². The van der Waals surface area contributed by atoms with Crippen molar-refractivity contribution in [2.75, 3.05) is 46.1 Å². The Morgan fingerprint density at radius 3 is 3.00 bits per heavy atom. The van der Waals surface area contributed by atoms with Crippen LogP contribution in [0.2, 0.25) is 0 Å². The Morgan fingerprint density at radius 2 is 2.23 bits per heavy atom. The average molecular weight is 418 g/mol. The molecular weight excluding hydrogens is 382 g/mol. The smallest absolute Gasteiger partial charge is 0.191 e. The summed E-state index contributed by atoms with van der Waals surface area (Å²) in [4.78, 5) is 4.67. The van der Waals surface area contributed by atoms with Crippen molar-refractivity contribution in [1.29, 1.82) is 0 Å². The van der Waals surface area contributed by atoms with Gasteiger partial charge in [-0.25, -0.2) is 0 Å². The van der Waals surface area contributed by atoms with Gasteiger partial charge in [0.1, 0.15) is 5.76 Å². The predicted molar refractivity (Wildman–Crippen MR) is 119 cm³/mol. The van der Waals surface area contributed by atoms with Gasteiger partial charge in [0.2, 0.25) is 0 Å². The summed E-state index contributed by atoms with van der Waals surface area (Å²) >= 11 is 0. The van der Waals surface area contributed by atoms with Crippen molar-refractivity contribution < 1.29 is 18.6 Å². The Balaban J connectivity index is 1.51. The topological polar surface area (TPSA) is 77.3 Å². The van der Waals surface area contributed by atoms with Crippen LogP contribution >= 0.6 is 0 Å². The van der Waals surface area contributed by atoms with Crippen molar-refractivity contribution in [3.8, 4) is 5.75 Å². The maximum absolute atomic E-state index is 6.10. The lowest BCUT2D eigenvalue weighted by molar-refractivity contribution is 0.0893. The van der Waals surface area contributed by atoms with E-state index in [1.807, 2.05) is 25.1 Å². The number of benzene rings is 1. The molecule has 2 unspecified atom stereocenters. The van der Waals surface area contributed by atoms with E-state index in [1.165, 1.54) is 0 Å². The molecule has 1 aromatic carbocycles. The van der Waals surface area contributed by atoms with Gasteiger partial charge in [-0.05, 0) is 45.7 Å². The fraction of sp³-hybridized carbons (Fsp3) is 0.609. The summed E-state index contributed by atoms with van der Waals surface area (Å²) in [7, 11) is 0. The lowest BCUT2D eigenvalue weighted by Gasteiger charge is -2.16. The summed E-state index contributed by atoms with van der Waals surface area (Å²) in [6.07, 6.45) is 2.00. The van der Waals surface area contributed by atoms with Crippen LogP contribution in [0.25, 0.3) is 11.0 Å². The van der Waals surface area contributed by atoms with Crippen LogP contribution < -0.4 is 15.4 Å². The number of nitrogens with one attached hydrogen (secondary N) is 2. The van der Waals surface area contributed by atoms with Crippen LogP contribution in [0.5, 0.6) is 5.75 Å². The molecule has 166 valence electrons. The van der Waals surface area contributed by atoms with Crippen molar-refractivity contribution in [1.82, 2.24) is 10.6 Å². The fourth-order valence-electron chi connectivity index (χ4n) is 3.46. The maximum Gasteiger partial charge on any atom is 0.191 e. The lowest BCUT2D eigenvalue weighted by Crippen LogP contribution is -2.38. The van der Waals surface area contributed by atoms with Gasteiger partial charge in [-0.1, -0.05) is 12.1 Å². The number of hydrogen-bond acceptors (Lipinski definition) is 5. The molecule has 0 amide bonds. The molecule has 2 aromatic rings. The van der Waals surface area contributed by atoms with Gasteiger partial charge in [-0.3, -0.25) is 4.99 Å². The van der Waals surface area contributed by atoms with Gasteiger partial charge in [0, 0.05) is 37.6 Å². The first-order chi connectivity index (χ1) is 14.7. The largest absolute Gasteiger partial charge is 0.490 e. The highest BCUT2D eigenvalue weighted by molar-refractivity contribution is 5.84. The molecule has 7 heteroatoms. The summed E-state index contributed by atoms with van der Waals surface area (Å²) in [5.74, 6) is 2.96. The zero-order valence-electron chi connectivity index (χ0n) is 18.4. The lowest BCUT2D eigenvalue weighted by atomic mass is 10.1. The van der Waals surface area contributed by atoms with Crippen molar-refractivity contribution in [2.24, 2.45) is 10.9 Å². The van der Waals surface area contributed by atoms with Crippen LogP contribution in [0, 0.1) is 5.92 Å². The third kappa shape index (κ3) is 6.37. The first kappa shape index (κ1) is 22.4. The average Bonchev–Trinajstić information content (AvgIpc) is 3.41. The van der Waals surface area contributed by atoms with E-state index in [2.05, 4.69) is 35.5 Å². The first-order valence-corrected chi connectivity index (χ1v) is 11.1. The summed E-state index contributed by atoms with van der Waals surface area (Å²) in [6, 6.07) is 7.99. The molecule has 7 nitrogen and oxygen atoms in total. The van der Waals surface area contributed by atoms with Gasteiger partial charge < -0.3 is 29.3 Å². The summed E-state index contributed by atoms with van der Waals surface area (Å²) in [5, 5.41) is 7.77. The molecule has 1 aliphatic heterocycles. The molecule has 0 spiro atoms. The number of guanidine groups is 1. The summed E-state index contributed by atoms with van der Waals surface area (Å²) in [6.45, 7) is 11.4. The zero-order chi connectivity index (χ0) is 21.2. The molecular formula is C23H35N3O4. The number of rotatable bonds is 11. The van der Waals surface area contributed by atoms with E-state index in [0.717, 1.165) is 74.3 Å². The number of ether oxygens (including phenoxy) is 3. The molecule has 3 rings (SSSR count). The van der Waals surface area contributed by atoms with E-state index in [-0.39, 0.29) is 6.04 Å². The van der Waals surface area contributed by atoms with Gasteiger partial charge in [-0.15, -0.1) is 0 Å². The third-order valence-electron chi connectivity index (χ3n) is 5.05. The molecule has 1 fully saturated rings. The van der Waals surface area contributed by atoms with Crippen LogP contribution in [0.15, 0.2) is 33.7 Å². The second-order valence-electron chi connectivity index (χ2n) is 7.54. The van der Waals surface area contributed by atoms with E-state index in [1.54, 1.807) is 0 Å². The Labute approximate surface area is 179 Å². The Kier molecular flexibility index (Phi) is 8.83. The summed E-state index contributed by atoms with van der Waals surface area (Å²) in [5.41, 5.74) is 0.787. The van der Waals surface area contributed by atoms with Crippen molar-refractivity contribution in [3.63, 3.8) is 0 Å². The third-order valence-corrected chi connectivity index (χ3v) is 5.05. The predicted octanol–water partition coefficient (Wildman–Crippen LogP) is 3.89. The van der Waals surface area contributed by atoms with Gasteiger partial charge in [-0.2, -0.15) is 0 Å². The monoisotopic (exact) mass is 417 g/mol. The van der Waals surface area contributed by atoms with Crippen molar-refractivity contribution in [2.45, 2.75) is 39.7 Å². The highest BCUT2D eigenvalue weighted by atomic mass is 16.5. The molecule has 2 N–H and O–H groups in total. The number of aliphatic imine (C=N–C) groups is 1. The molecule has 0 bridgehead atoms. The molecule has 30 heavy (non-hydrogen) atoms. The van der Waals surface area contributed by atoms with Crippen molar-refractivity contribution in [3.05, 3.63) is 30.0 Å². The molecule has 0 saturated carbocycles. The molecule has 1 aliphatic rings. The van der Waals surface area contributed by atoms with Gasteiger partial charge in [0.15, 0.2) is 17.3 Å². The van der Waals surface area contributed by atoms with Crippen LogP contribution in [0.4, 0.5) is 0 Å². The van der Waals surface area contributed by atoms with E-state index >= 15 is 0 Å². The molecule has 0 aliphatic carbocycles. The minimum atomic E-state index is -0.0247. The van der Waals surface area contributed by atoms with Crippen LogP contribution in [-0.2, 0) is 9.47 Å². The first-order valence-electron chi connectivity index (χ1n) is 11.1. The maximum atomic E-state index is 6.10. The highest BCUT2D eigenvalue weighted by Crippen LogP contribution is 2.31. The van der Waals surface area contributed by atoms with Crippen LogP contribution in [0.3, 0.4) is 0 Å². The quantitative estimate of drug-likeness (QED) is 0.328. The zero-order valence-corrected chi connectivity index (χ0v) is 18.4. The number of hydrogen-bond donors (Lipinski definition) is 2. The standard InChI is InChI=1S/C23H35N3O4/c1-4-24-23(25-11-7-12-27-15-18-10-13-28-16-18)26-17(3)21-14-19-8-6-9-20(29-5-2)22(19)30-21/h6,8-9,14,17-18H,4-5,7,10-13,15-16H2,1-3H3,(H2,24,25,26). The van der Waals surface area contributed by atoms with Gasteiger partial charge >= 0.3 is 0 Å². The molecule has 2 heterocycles. The Morgan fingerprint density at radius 1 is 1.33 bits per heavy atom. The number of fused-ring (bicyclic) bond motifs is 1. The molecule has 1 aromatic heterocycles. The van der Waals surface area contributed by atoms with Gasteiger partial charge in [0.05, 0.1) is 25.9 Å². The van der Waals surface area contributed by atoms with E-state index < -0.39 is 0 Å². The molecule has 1 saturated heterocycles. The van der Waals surface area contributed by atoms with Crippen LogP contribution in [0.1, 0.15) is 45.4 Å². The second kappa shape index (κ2) is 11.8. The van der Waals surface area contributed by atoms with E-state index in [0.29, 0.717) is 19.1 Å². The minimum absolute atomic E-state index is 0.0247. The number of furan rings is 1. The molecule has 2 atom stereocenters. The Bertz CT molecular complexity index is 799. The van der Waals surface area contributed by atoms with E-state index in [4.69, 9.17) is 18.6 Å². The van der Waals surface area contributed by atoms with Crippen molar-refractivity contribution >= 4 is 16.9 Å². The summed E-state index contributed by atoms with van der Waals surface area (Å²) < 4.78 is 22.9. The fourth-order valence-corrected chi connectivity index (χ4v) is 3.46. The van der Waals surface area contributed by atoms with E-state index in [9.17, 15) is 0 Å². The number of nitrogens with zero attached hydrogens (tertiary/aromatic N) is 1. The minimum Gasteiger partial charge on any atom is -0.490 e.